The summed E-state index contributed by atoms with van der Waals surface area (Å²) < 4.78 is 49.9. The number of hydrogen-bond donors (Lipinski definition) is 1. The normalized spacial score (nSPS) is 11.3. The monoisotopic (exact) mass is 465 g/mol. The number of carbonyl (C=O) groups excluding carboxylic acids is 1. The Balaban J connectivity index is 1.50. The Labute approximate surface area is 194 Å². The van der Waals surface area contributed by atoms with Crippen LogP contribution in [0.15, 0.2) is 84.9 Å². The second-order valence-corrected chi connectivity index (χ2v) is 7.58. The molecule has 0 heterocycles. The zero-order chi connectivity index (χ0) is 24.1. The predicted octanol–water partition coefficient (Wildman–Crippen LogP) is 7.09. The van der Waals surface area contributed by atoms with Gasteiger partial charge in [0.25, 0.3) is 5.91 Å². The van der Waals surface area contributed by atoms with Crippen molar-refractivity contribution in [3.63, 3.8) is 0 Å². The van der Waals surface area contributed by atoms with E-state index in [2.05, 4.69) is 5.32 Å². The maximum Gasteiger partial charge on any atom is 0.416 e. The Kier molecular flexibility index (Phi) is 6.72. The predicted molar refractivity (Wildman–Crippen MR) is 125 cm³/mol. The molecule has 0 bridgehead atoms. The molecule has 0 unspecified atom stereocenters. The third-order valence-electron chi connectivity index (χ3n) is 5.21. The number of amides is 1. The van der Waals surface area contributed by atoms with E-state index in [0.29, 0.717) is 29.2 Å². The van der Waals surface area contributed by atoms with Crippen molar-refractivity contribution in [2.75, 3.05) is 11.9 Å². The number of fused-ring (bicyclic) bond motifs is 1. The van der Waals surface area contributed by atoms with Gasteiger partial charge >= 0.3 is 6.18 Å². The fraction of sp³-hybridized carbons (Fsp3) is 0.148. The Bertz CT molecular complexity index is 1300. The first-order valence-electron chi connectivity index (χ1n) is 10.7. The van der Waals surface area contributed by atoms with Crippen LogP contribution in [0.5, 0.6) is 11.5 Å². The lowest BCUT2D eigenvalue weighted by atomic mass is 10.1. The summed E-state index contributed by atoms with van der Waals surface area (Å²) in [7, 11) is 0. The van der Waals surface area contributed by atoms with Crippen molar-refractivity contribution in [3.8, 4) is 11.5 Å². The molecule has 0 aliphatic rings. The standard InChI is InChI=1S/C27H22F3NO3/c1-2-33-25-14-8-20(26(32)31-23-11-9-22(10-12-23)27(28,29)30)15-21(25)17-34-24-13-7-18-5-3-4-6-19(18)16-24/h3-16H,2,17H2,1H3,(H,31,32). The molecule has 4 nitrogen and oxygen atoms in total. The molecular formula is C27H22F3NO3. The second-order valence-electron chi connectivity index (χ2n) is 7.58. The minimum atomic E-state index is -4.43. The fourth-order valence-electron chi connectivity index (χ4n) is 3.49. The molecule has 0 aromatic heterocycles. The van der Waals surface area contributed by atoms with Gasteiger partial charge in [-0.3, -0.25) is 4.79 Å². The first-order chi connectivity index (χ1) is 16.3. The average Bonchev–Trinajstić information content (AvgIpc) is 2.83. The minimum absolute atomic E-state index is 0.176. The summed E-state index contributed by atoms with van der Waals surface area (Å²) >= 11 is 0. The summed E-state index contributed by atoms with van der Waals surface area (Å²) in [5.41, 5.74) is 0.496. The van der Waals surface area contributed by atoms with Crippen LogP contribution in [0.4, 0.5) is 18.9 Å². The molecule has 0 fully saturated rings. The van der Waals surface area contributed by atoms with Crippen molar-refractivity contribution in [2.45, 2.75) is 19.7 Å². The zero-order valence-electron chi connectivity index (χ0n) is 18.4. The highest BCUT2D eigenvalue weighted by atomic mass is 19.4. The molecule has 0 saturated heterocycles. The van der Waals surface area contributed by atoms with Gasteiger partial charge in [0.05, 0.1) is 12.2 Å². The number of nitrogens with one attached hydrogen (secondary N) is 1. The zero-order valence-corrected chi connectivity index (χ0v) is 18.4. The van der Waals surface area contributed by atoms with Gasteiger partial charge in [-0.15, -0.1) is 0 Å². The topological polar surface area (TPSA) is 47.6 Å². The molecule has 0 spiro atoms. The van der Waals surface area contributed by atoms with Crippen molar-refractivity contribution in [3.05, 3.63) is 102 Å². The molecule has 0 aliphatic carbocycles. The Morgan fingerprint density at radius 1 is 0.853 bits per heavy atom. The number of anilines is 1. The number of halogens is 3. The lowest BCUT2D eigenvalue weighted by Gasteiger charge is -2.14. The smallest absolute Gasteiger partial charge is 0.416 e. The summed E-state index contributed by atoms with van der Waals surface area (Å²) in [5.74, 6) is 0.824. The minimum Gasteiger partial charge on any atom is -0.493 e. The number of hydrogen-bond acceptors (Lipinski definition) is 3. The van der Waals surface area contributed by atoms with Crippen molar-refractivity contribution in [1.29, 1.82) is 0 Å². The first-order valence-corrected chi connectivity index (χ1v) is 10.7. The van der Waals surface area contributed by atoms with E-state index in [9.17, 15) is 18.0 Å². The molecule has 4 aromatic rings. The molecule has 0 atom stereocenters. The molecular weight excluding hydrogens is 443 g/mol. The molecule has 34 heavy (non-hydrogen) atoms. The molecule has 0 saturated carbocycles. The van der Waals surface area contributed by atoms with Crippen molar-refractivity contribution in [1.82, 2.24) is 0 Å². The van der Waals surface area contributed by atoms with Crippen molar-refractivity contribution in [2.24, 2.45) is 0 Å². The lowest BCUT2D eigenvalue weighted by molar-refractivity contribution is -0.137. The number of carbonyl (C=O) groups is 1. The van der Waals surface area contributed by atoms with Crippen LogP contribution in [0.1, 0.15) is 28.4 Å². The SMILES string of the molecule is CCOc1ccc(C(=O)Nc2ccc(C(F)(F)F)cc2)cc1COc1ccc2ccccc2c1. The van der Waals surface area contributed by atoms with E-state index < -0.39 is 17.6 Å². The summed E-state index contributed by atoms with van der Waals surface area (Å²) in [6, 6.07) is 23.0. The van der Waals surface area contributed by atoms with Gasteiger partial charge in [0.1, 0.15) is 18.1 Å². The molecule has 174 valence electrons. The summed E-state index contributed by atoms with van der Waals surface area (Å²) in [4.78, 5) is 12.7. The molecule has 4 aromatic carbocycles. The Morgan fingerprint density at radius 2 is 1.59 bits per heavy atom. The molecule has 1 N–H and O–H groups in total. The molecule has 0 radical (unpaired) electrons. The van der Waals surface area contributed by atoms with Gasteiger partial charge in [-0.2, -0.15) is 13.2 Å². The van der Waals surface area contributed by atoms with E-state index in [1.165, 1.54) is 12.1 Å². The molecule has 4 rings (SSSR count). The average molecular weight is 465 g/mol. The van der Waals surface area contributed by atoms with E-state index in [0.717, 1.165) is 22.9 Å². The third kappa shape index (κ3) is 5.49. The largest absolute Gasteiger partial charge is 0.493 e. The fourth-order valence-corrected chi connectivity index (χ4v) is 3.49. The highest BCUT2D eigenvalue weighted by Crippen LogP contribution is 2.30. The quantitative estimate of drug-likeness (QED) is 0.317. The van der Waals surface area contributed by atoms with Crippen molar-refractivity contribution >= 4 is 22.4 Å². The maximum absolute atomic E-state index is 12.8. The highest BCUT2D eigenvalue weighted by Gasteiger charge is 2.30. The molecule has 0 aliphatic heterocycles. The Morgan fingerprint density at radius 3 is 2.29 bits per heavy atom. The van der Waals surface area contributed by atoms with Gasteiger partial charge in [-0.05, 0) is 72.3 Å². The van der Waals surface area contributed by atoms with Crippen LogP contribution in [0.2, 0.25) is 0 Å². The van der Waals surface area contributed by atoms with E-state index in [1.54, 1.807) is 18.2 Å². The summed E-state index contributed by atoms with van der Waals surface area (Å²) in [5, 5.41) is 4.78. The van der Waals surface area contributed by atoms with Crippen LogP contribution < -0.4 is 14.8 Å². The van der Waals surface area contributed by atoms with Crippen molar-refractivity contribution < 1.29 is 27.4 Å². The van der Waals surface area contributed by atoms with Crippen LogP contribution in [0, 0.1) is 0 Å². The van der Waals surface area contributed by atoms with Crippen LogP contribution in [0.25, 0.3) is 10.8 Å². The van der Waals surface area contributed by atoms with Gasteiger partial charge in [-0.1, -0.05) is 30.3 Å². The lowest BCUT2D eigenvalue weighted by Crippen LogP contribution is -2.13. The number of rotatable bonds is 7. The van der Waals surface area contributed by atoms with Gasteiger partial charge in [0, 0.05) is 16.8 Å². The van der Waals surface area contributed by atoms with Gasteiger partial charge in [-0.25, -0.2) is 0 Å². The third-order valence-corrected chi connectivity index (χ3v) is 5.21. The maximum atomic E-state index is 12.8. The molecule has 1 amide bonds. The first kappa shape index (κ1) is 23.2. The van der Waals surface area contributed by atoms with Crippen LogP contribution in [-0.4, -0.2) is 12.5 Å². The van der Waals surface area contributed by atoms with Gasteiger partial charge in [0.2, 0.25) is 0 Å². The van der Waals surface area contributed by atoms with Crippen LogP contribution in [0.3, 0.4) is 0 Å². The summed E-state index contributed by atoms with van der Waals surface area (Å²) in [6.45, 7) is 2.48. The Hall–Kier alpha value is -4.00. The van der Waals surface area contributed by atoms with Crippen LogP contribution in [-0.2, 0) is 12.8 Å². The second kappa shape index (κ2) is 9.87. The van der Waals surface area contributed by atoms with Gasteiger partial charge < -0.3 is 14.8 Å². The summed E-state index contributed by atoms with van der Waals surface area (Å²) in [6.07, 6.45) is -4.43. The van der Waals surface area contributed by atoms with E-state index in [-0.39, 0.29) is 12.3 Å². The highest BCUT2D eigenvalue weighted by molar-refractivity contribution is 6.04. The number of ether oxygens (including phenoxy) is 2. The van der Waals surface area contributed by atoms with Gasteiger partial charge in [0.15, 0.2) is 0 Å². The van der Waals surface area contributed by atoms with E-state index >= 15 is 0 Å². The van der Waals surface area contributed by atoms with Crippen LogP contribution >= 0.6 is 0 Å². The number of alkyl halides is 3. The number of benzene rings is 4. The van der Waals surface area contributed by atoms with E-state index in [1.807, 2.05) is 49.4 Å². The van der Waals surface area contributed by atoms with E-state index in [4.69, 9.17) is 9.47 Å². The molecule has 7 heteroatoms.